The van der Waals surface area contributed by atoms with E-state index in [4.69, 9.17) is 22.0 Å². The Balaban J connectivity index is 2.85. The molecule has 1 rings (SSSR count). The van der Waals surface area contributed by atoms with Crippen molar-refractivity contribution in [2.24, 2.45) is 0 Å². The summed E-state index contributed by atoms with van der Waals surface area (Å²) in [5, 5.41) is 17.5. The molecule has 0 aliphatic heterocycles. The predicted octanol–water partition coefficient (Wildman–Crippen LogP) is 1.99. The Hall–Kier alpha value is -1.13. The van der Waals surface area contributed by atoms with Crippen LogP contribution in [-0.2, 0) is 10.0 Å². The van der Waals surface area contributed by atoms with Crippen LogP contribution in [0.2, 0.25) is 5.02 Å². The van der Waals surface area contributed by atoms with Gasteiger partial charge in [-0.15, -0.1) is 0 Å². The number of benzene rings is 1. The highest BCUT2D eigenvalue weighted by Crippen LogP contribution is 2.25. The maximum Gasteiger partial charge on any atom is 0.244 e. The van der Waals surface area contributed by atoms with Gasteiger partial charge in [0.2, 0.25) is 10.0 Å². The van der Waals surface area contributed by atoms with E-state index < -0.39 is 10.0 Å². The molecule has 0 unspecified atom stereocenters. The Morgan fingerprint density at radius 1 is 1.35 bits per heavy atom. The van der Waals surface area contributed by atoms with Gasteiger partial charge in [-0.1, -0.05) is 11.6 Å². The third-order valence-corrected chi connectivity index (χ3v) is 5.22. The largest absolute Gasteiger partial charge is 0.396 e. The molecular formula is C13H17ClN2O3S. The first-order valence-corrected chi connectivity index (χ1v) is 8.02. The van der Waals surface area contributed by atoms with Gasteiger partial charge in [0.15, 0.2) is 0 Å². The van der Waals surface area contributed by atoms with Crippen LogP contribution in [0.15, 0.2) is 23.1 Å². The van der Waals surface area contributed by atoms with E-state index in [0.29, 0.717) is 24.9 Å². The molecule has 0 atom stereocenters. The molecule has 0 aliphatic carbocycles. The van der Waals surface area contributed by atoms with Gasteiger partial charge in [-0.25, -0.2) is 12.7 Å². The zero-order valence-corrected chi connectivity index (χ0v) is 12.8. The predicted molar refractivity (Wildman–Crippen MR) is 76.9 cm³/mol. The van der Waals surface area contributed by atoms with E-state index in [1.807, 2.05) is 6.07 Å². The summed E-state index contributed by atoms with van der Waals surface area (Å²) in [6.45, 7) is 0.469. The fourth-order valence-corrected chi connectivity index (χ4v) is 3.41. The van der Waals surface area contributed by atoms with Gasteiger partial charge in [0, 0.05) is 20.2 Å². The molecule has 0 spiro atoms. The van der Waals surface area contributed by atoms with Crippen molar-refractivity contribution >= 4 is 21.6 Å². The average molecular weight is 317 g/mol. The highest BCUT2D eigenvalue weighted by atomic mass is 35.5. The van der Waals surface area contributed by atoms with Crippen LogP contribution in [-0.4, -0.2) is 38.0 Å². The van der Waals surface area contributed by atoms with E-state index in [9.17, 15) is 8.42 Å². The number of hydrogen-bond acceptors (Lipinski definition) is 4. The Kier molecular flexibility index (Phi) is 6.43. The number of sulfonamides is 1. The topological polar surface area (TPSA) is 81.4 Å². The third-order valence-electron chi connectivity index (χ3n) is 2.88. The zero-order valence-electron chi connectivity index (χ0n) is 11.2. The lowest BCUT2D eigenvalue weighted by Crippen LogP contribution is -2.28. The summed E-state index contributed by atoms with van der Waals surface area (Å²) in [4.78, 5) is 0.00262. The number of rotatable bonds is 7. The summed E-state index contributed by atoms with van der Waals surface area (Å²) in [6.07, 6.45) is 2.09. The highest BCUT2D eigenvalue weighted by molar-refractivity contribution is 7.89. The Morgan fingerprint density at radius 3 is 2.60 bits per heavy atom. The van der Waals surface area contributed by atoms with Crippen LogP contribution < -0.4 is 0 Å². The van der Waals surface area contributed by atoms with Crippen LogP contribution >= 0.6 is 11.6 Å². The molecule has 1 aromatic rings. The molecule has 0 heterocycles. The molecule has 1 aromatic carbocycles. The molecule has 0 saturated heterocycles. The van der Waals surface area contributed by atoms with Crippen molar-refractivity contribution in [3.05, 3.63) is 28.8 Å². The fraction of sp³-hybridized carbons (Fsp3) is 0.462. The summed E-state index contributed by atoms with van der Waals surface area (Å²) in [5.74, 6) is 0. The van der Waals surface area contributed by atoms with Gasteiger partial charge in [-0.2, -0.15) is 5.26 Å². The molecule has 0 amide bonds. The minimum absolute atomic E-state index is 0.00262. The Labute approximate surface area is 124 Å². The Morgan fingerprint density at radius 2 is 2.05 bits per heavy atom. The van der Waals surface area contributed by atoms with E-state index >= 15 is 0 Å². The van der Waals surface area contributed by atoms with E-state index in [1.54, 1.807) is 0 Å². The second-order valence-electron chi connectivity index (χ2n) is 4.37. The van der Waals surface area contributed by atoms with Crippen molar-refractivity contribution in [2.75, 3.05) is 20.2 Å². The molecule has 7 heteroatoms. The summed E-state index contributed by atoms with van der Waals surface area (Å²) < 4.78 is 25.9. The van der Waals surface area contributed by atoms with Crippen molar-refractivity contribution in [3.63, 3.8) is 0 Å². The van der Waals surface area contributed by atoms with Gasteiger partial charge in [0.05, 0.1) is 16.7 Å². The maximum absolute atomic E-state index is 12.3. The number of hydrogen-bond donors (Lipinski definition) is 1. The van der Waals surface area contributed by atoms with E-state index in [2.05, 4.69) is 0 Å². The van der Waals surface area contributed by atoms with Gasteiger partial charge in [-0.05, 0) is 37.5 Å². The van der Waals surface area contributed by atoms with Gasteiger partial charge in [0.1, 0.15) is 4.90 Å². The lowest BCUT2D eigenvalue weighted by molar-refractivity contribution is 0.281. The van der Waals surface area contributed by atoms with Crippen LogP contribution in [0.4, 0.5) is 0 Å². The third kappa shape index (κ3) is 4.18. The minimum Gasteiger partial charge on any atom is -0.396 e. The molecule has 0 aromatic heterocycles. The number of nitriles is 1. The first kappa shape index (κ1) is 16.9. The monoisotopic (exact) mass is 316 g/mol. The molecule has 0 saturated carbocycles. The van der Waals surface area contributed by atoms with Crippen LogP contribution in [0.25, 0.3) is 0 Å². The number of unbranched alkanes of at least 4 members (excludes halogenated alkanes) is 2. The van der Waals surface area contributed by atoms with Crippen LogP contribution in [0.5, 0.6) is 0 Å². The second kappa shape index (κ2) is 7.60. The summed E-state index contributed by atoms with van der Waals surface area (Å²) >= 11 is 5.93. The first-order valence-electron chi connectivity index (χ1n) is 6.20. The first-order chi connectivity index (χ1) is 9.43. The SMILES string of the molecule is CN(CCCCCO)S(=O)(=O)c1ccc(C#N)cc1Cl. The summed E-state index contributed by atoms with van der Waals surface area (Å²) in [5.41, 5.74) is 0.319. The standard InChI is InChI=1S/C13H17ClN2O3S/c1-16(7-3-2-4-8-17)20(18,19)13-6-5-11(10-15)9-12(13)14/h5-6,9,17H,2-4,7-8H2,1H3. The molecule has 0 aliphatic rings. The van der Waals surface area contributed by atoms with Gasteiger partial charge in [0.25, 0.3) is 0 Å². The quantitative estimate of drug-likeness (QED) is 0.780. The number of nitrogens with zero attached hydrogens (tertiary/aromatic N) is 2. The van der Waals surface area contributed by atoms with E-state index in [1.165, 1.54) is 29.6 Å². The lowest BCUT2D eigenvalue weighted by atomic mass is 10.2. The normalized spacial score (nSPS) is 11.6. The van der Waals surface area contributed by atoms with E-state index in [0.717, 1.165) is 6.42 Å². The van der Waals surface area contributed by atoms with Crippen molar-refractivity contribution in [1.29, 1.82) is 5.26 Å². The molecule has 0 fully saturated rings. The summed E-state index contributed by atoms with van der Waals surface area (Å²) in [7, 11) is -2.16. The smallest absolute Gasteiger partial charge is 0.244 e. The number of aliphatic hydroxyl groups excluding tert-OH is 1. The maximum atomic E-state index is 12.3. The van der Waals surface area contributed by atoms with Gasteiger partial charge < -0.3 is 5.11 Å². The lowest BCUT2D eigenvalue weighted by Gasteiger charge is -2.17. The molecule has 1 N–H and O–H groups in total. The van der Waals surface area contributed by atoms with Crippen molar-refractivity contribution < 1.29 is 13.5 Å². The van der Waals surface area contributed by atoms with Crippen molar-refractivity contribution in [3.8, 4) is 6.07 Å². The van der Waals surface area contributed by atoms with Gasteiger partial charge in [-0.3, -0.25) is 0 Å². The minimum atomic E-state index is -3.65. The molecule has 110 valence electrons. The molecule has 0 bridgehead atoms. The summed E-state index contributed by atoms with van der Waals surface area (Å²) in [6, 6.07) is 6.03. The highest BCUT2D eigenvalue weighted by Gasteiger charge is 2.23. The van der Waals surface area contributed by atoms with Crippen LogP contribution in [0.3, 0.4) is 0 Å². The fourth-order valence-electron chi connectivity index (χ4n) is 1.69. The van der Waals surface area contributed by atoms with Crippen LogP contribution in [0.1, 0.15) is 24.8 Å². The average Bonchev–Trinajstić information content (AvgIpc) is 2.42. The second-order valence-corrected chi connectivity index (χ2v) is 6.79. The molecule has 0 radical (unpaired) electrons. The molecule has 5 nitrogen and oxygen atoms in total. The molecular weight excluding hydrogens is 300 g/mol. The van der Waals surface area contributed by atoms with Crippen molar-refractivity contribution in [1.82, 2.24) is 4.31 Å². The molecule has 20 heavy (non-hydrogen) atoms. The van der Waals surface area contributed by atoms with E-state index in [-0.39, 0.29) is 16.5 Å². The van der Waals surface area contributed by atoms with Gasteiger partial charge >= 0.3 is 0 Å². The Bertz CT molecular complexity index is 596. The van der Waals surface area contributed by atoms with Crippen molar-refractivity contribution in [2.45, 2.75) is 24.2 Å². The van der Waals surface area contributed by atoms with Crippen LogP contribution in [0, 0.1) is 11.3 Å². The zero-order chi connectivity index (χ0) is 15.2. The number of aliphatic hydroxyl groups is 1. The number of halogens is 1.